The van der Waals surface area contributed by atoms with E-state index in [4.69, 9.17) is 21.1 Å². The number of piperazine rings is 1. The minimum Gasteiger partial charge on any atom is -0.507 e. The van der Waals surface area contributed by atoms with Gasteiger partial charge in [-0.15, -0.1) is 0 Å². The van der Waals surface area contributed by atoms with Gasteiger partial charge in [0, 0.05) is 43.4 Å². The Bertz CT molecular complexity index is 1270. The average Bonchev–Trinajstić information content (AvgIpc) is 3.16. The van der Waals surface area contributed by atoms with E-state index < -0.39 is 0 Å². The number of fused-ring (bicyclic) bond motifs is 1. The third-order valence-electron chi connectivity index (χ3n) is 6.24. The van der Waals surface area contributed by atoms with Gasteiger partial charge in [0.2, 0.25) is 5.78 Å². The first-order chi connectivity index (χ1) is 16.5. The summed E-state index contributed by atoms with van der Waals surface area (Å²) < 4.78 is 11.3. The van der Waals surface area contributed by atoms with Crippen molar-refractivity contribution in [2.24, 2.45) is 0 Å². The molecular weight excluding hydrogens is 452 g/mol. The highest BCUT2D eigenvalue weighted by molar-refractivity contribution is 6.30. The number of carbonyl (C=O) groups is 1. The van der Waals surface area contributed by atoms with Gasteiger partial charge < -0.3 is 19.5 Å². The maximum absolute atomic E-state index is 13.0. The number of nitrogens with zero attached hydrogens (tertiary/aromatic N) is 2. The number of phenolic OH excluding ortho intramolecular Hbond substituents is 1. The van der Waals surface area contributed by atoms with E-state index in [0.29, 0.717) is 29.2 Å². The Morgan fingerprint density at radius 2 is 1.85 bits per heavy atom. The molecular formula is C27H25ClN2O4. The standard InChI is InChI=1S/C27H25ClN2O4/c1-33-21-7-2-4-18(14-21)15-25-26(32)22-8-9-24(31)23(27(22)34-25)17-29-10-12-30(13-11-29)20-6-3-5-19(28)16-20/h2-9,14-16,31H,10-13,17H2,1H3/b25-15-. The number of benzene rings is 3. The monoisotopic (exact) mass is 476 g/mol. The molecule has 5 rings (SSSR count). The zero-order valence-corrected chi connectivity index (χ0v) is 19.6. The van der Waals surface area contributed by atoms with Crippen LogP contribution in [0.25, 0.3) is 6.08 Å². The van der Waals surface area contributed by atoms with E-state index in [1.165, 1.54) is 0 Å². The van der Waals surface area contributed by atoms with E-state index in [-0.39, 0.29) is 17.3 Å². The van der Waals surface area contributed by atoms with Crippen molar-refractivity contribution in [2.45, 2.75) is 6.54 Å². The Kier molecular flexibility index (Phi) is 6.18. The van der Waals surface area contributed by atoms with E-state index in [1.807, 2.05) is 42.5 Å². The second-order valence-corrected chi connectivity index (χ2v) is 8.84. The van der Waals surface area contributed by atoms with Gasteiger partial charge in [0.15, 0.2) is 5.76 Å². The molecule has 0 aliphatic carbocycles. The summed E-state index contributed by atoms with van der Waals surface area (Å²) in [7, 11) is 1.60. The van der Waals surface area contributed by atoms with Crippen molar-refractivity contribution in [3.8, 4) is 17.2 Å². The van der Waals surface area contributed by atoms with Crippen LogP contribution in [0.2, 0.25) is 5.02 Å². The van der Waals surface area contributed by atoms with E-state index in [2.05, 4.69) is 15.9 Å². The number of hydrogen-bond donors (Lipinski definition) is 1. The molecule has 0 spiro atoms. The summed E-state index contributed by atoms with van der Waals surface area (Å²) in [5.74, 6) is 1.32. The Morgan fingerprint density at radius 3 is 2.62 bits per heavy atom. The van der Waals surface area contributed by atoms with Crippen molar-refractivity contribution in [3.63, 3.8) is 0 Å². The lowest BCUT2D eigenvalue weighted by molar-refractivity contribution is 0.101. The molecule has 0 unspecified atom stereocenters. The molecule has 2 aliphatic rings. The molecule has 2 heterocycles. The fourth-order valence-electron chi connectivity index (χ4n) is 4.39. The van der Waals surface area contributed by atoms with Crippen LogP contribution in [0.3, 0.4) is 0 Å². The van der Waals surface area contributed by atoms with E-state index in [9.17, 15) is 9.90 Å². The zero-order valence-electron chi connectivity index (χ0n) is 18.8. The van der Waals surface area contributed by atoms with Gasteiger partial charge in [-0.05, 0) is 54.1 Å². The number of Topliss-reactive ketones (excluding diaryl/α,β-unsaturated/α-hetero) is 1. The topological polar surface area (TPSA) is 62.2 Å². The van der Waals surface area contributed by atoms with Crippen LogP contribution in [0.5, 0.6) is 17.2 Å². The first-order valence-corrected chi connectivity index (χ1v) is 11.6. The number of ether oxygens (including phenoxy) is 2. The summed E-state index contributed by atoms with van der Waals surface area (Å²) in [6.07, 6.45) is 1.70. The second kappa shape index (κ2) is 9.41. The minimum absolute atomic E-state index is 0.131. The van der Waals surface area contributed by atoms with Gasteiger partial charge in [-0.2, -0.15) is 0 Å². The molecule has 7 heteroatoms. The number of phenols is 1. The second-order valence-electron chi connectivity index (χ2n) is 8.40. The summed E-state index contributed by atoms with van der Waals surface area (Å²) in [6, 6.07) is 18.5. The molecule has 0 radical (unpaired) electrons. The number of aromatic hydroxyl groups is 1. The predicted octanol–water partition coefficient (Wildman–Crippen LogP) is 4.99. The van der Waals surface area contributed by atoms with E-state index in [1.54, 1.807) is 25.3 Å². The lowest BCUT2D eigenvalue weighted by atomic mass is 10.0. The van der Waals surface area contributed by atoms with Crippen LogP contribution in [0.1, 0.15) is 21.5 Å². The maximum atomic E-state index is 13.0. The van der Waals surface area contributed by atoms with Crippen LogP contribution >= 0.6 is 11.6 Å². The van der Waals surface area contributed by atoms with Crippen LogP contribution in [0, 0.1) is 0 Å². The van der Waals surface area contributed by atoms with E-state index in [0.717, 1.165) is 42.5 Å². The number of halogens is 1. The number of allylic oxidation sites excluding steroid dienone is 1. The molecule has 0 atom stereocenters. The van der Waals surface area contributed by atoms with Gasteiger partial charge >= 0.3 is 0 Å². The third-order valence-corrected chi connectivity index (χ3v) is 6.47. The summed E-state index contributed by atoms with van der Waals surface area (Å²) in [6.45, 7) is 3.82. The summed E-state index contributed by atoms with van der Waals surface area (Å²) >= 11 is 6.14. The lowest BCUT2D eigenvalue weighted by Gasteiger charge is -2.36. The molecule has 3 aromatic rings. The predicted molar refractivity (Wildman–Crippen MR) is 133 cm³/mol. The smallest absolute Gasteiger partial charge is 0.231 e. The Labute approximate surface area is 203 Å². The van der Waals surface area contributed by atoms with Crippen LogP contribution in [-0.2, 0) is 6.54 Å². The van der Waals surface area contributed by atoms with Crippen molar-refractivity contribution >= 4 is 29.1 Å². The number of methoxy groups -OCH3 is 1. The molecule has 2 aliphatic heterocycles. The molecule has 1 N–H and O–H groups in total. The highest BCUT2D eigenvalue weighted by atomic mass is 35.5. The van der Waals surface area contributed by atoms with Crippen LogP contribution in [-0.4, -0.2) is 49.1 Å². The van der Waals surface area contributed by atoms with Crippen LogP contribution < -0.4 is 14.4 Å². The molecule has 34 heavy (non-hydrogen) atoms. The van der Waals surface area contributed by atoms with Crippen molar-refractivity contribution < 1.29 is 19.4 Å². The van der Waals surface area contributed by atoms with Crippen LogP contribution in [0.4, 0.5) is 5.69 Å². The number of rotatable bonds is 5. The van der Waals surface area contributed by atoms with Crippen molar-refractivity contribution in [3.05, 3.63) is 88.1 Å². The number of carbonyl (C=O) groups excluding carboxylic acids is 1. The van der Waals surface area contributed by atoms with Gasteiger partial charge in [0.05, 0.1) is 18.2 Å². The SMILES string of the molecule is COc1cccc(/C=C2\Oc3c(ccc(O)c3CN3CCN(c4cccc(Cl)c4)CC3)C2=O)c1. The molecule has 1 fully saturated rings. The zero-order chi connectivity index (χ0) is 23.7. The minimum atomic E-state index is -0.190. The van der Waals surface area contributed by atoms with Gasteiger partial charge in [-0.1, -0.05) is 29.8 Å². The largest absolute Gasteiger partial charge is 0.507 e. The molecule has 0 saturated carbocycles. The number of hydrogen-bond acceptors (Lipinski definition) is 6. The van der Waals surface area contributed by atoms with Crippen molar-refractivity contribution in [1.82, 2.24) is 4.90 Å². The highest BCUT2D eigenvalue weighted by Gasteiger charge is 2.32. The van der Waals surface area contributed by atoms with Crippen LogP contribution in [0.15, 0.2) is 66.4 Å². The Balaban J connectivity index is 1.33. The van der Waals surface area contributed by atoms with Gasteiger partial charge in [-0.3, -0.25) is 9.69 Å². The first kappa shape index (κ1) is 22.3. The number of anilines is 1. The quantitative estimate of drug-likeness (QED) is 0.523. The van der Waals surface area contributed by atoms with Crippen molar-refractivity contribution in [2.75, 3.05) is 38.2 Å². The summed E-state index contributed by atoms with van der Waals surface area (Å²) in [5.41, 5.74) is 3.02. The van der Waals surface area contributed by atoms with Gasteiger partial charge in [0.1, 0.15) is 17.2 Å². The molecule has 1 saturated heterocycles. The normalized spacial score (nSPS) is 17.1. The first-order valence-electron chi connectivity index (χ1n) is 11.2. The van der Waals surface area contributed by atoms with Gasteiger partial charge in [0.25, 0.3) is 0 Å². The molecule has 0 aromatic heterocycles. The average molecular weight is 477 g/mol. The molecule has 3 aromatic carbocycles. The molecule has 6 nitrogen and oxygen atoms in total. The van der Waals surface area contributed by atoms with Crippen molar-refractivity contribution in [1.29, 1.82) is 0 Å². The molecule has 0 bridgehead atoms. The lowest BCUT2D eigenvalue weighted by Crippen LogP contribution is -2.46. The van der Waals surface area contributed by atoms with Gasteiger partial charge in [-0.25, -0.2) is 0 Å². The Morgan fingerprint density at radius 1 is 1.06 bits per heavy atom. The number of ketones is 1. The maximum Gasteiger partial charge on any atom is 0.231 e. The summed E-state index contributed by atoms with van der Waals surface area (Å²) in [4.78, 5) is 17.6. The highest BCUT2D eigenvalue weighted by Crippen LogP contribution is 2.40. The molecule has 0 amide bonds. The fourth-order valence-corrected chi connectivity index (χ4v) is 4.58. The molecule has 174 valence electrons. The van der Waals surface area contributed by atoms with E-state index >= 15 is 0 Å². The summed E-state index contributed by atoms with van der Waals surface area (Å²) in [5, 5.41) is 11.3. The third kappa shape index (κ3) is 4.47. The Hall–Kier alpha value is -3.48. The fraction of sp³-hybridized carbons (Fsp3) is 0.222.